The Morgan fingerprint density at radius 1 is 0.268 bits per heavy atom. The summed E-state index contributed by atoms with van der Waals surface area (Å²) in [6.45, 7) is 0. The third-order valence-corrected chi connectivity index (χ3v) is 10.2. The fourth-order valence-corrected chi connectivity index (χ4v) is 7.49. The molecule has 3 heterocycles. The number of hydrogen-bond donors (Lipinski definition) is 0. The van der Waals surface area contributed by atoms with E-state index in [0.29, 0.717) is 17.5 Å². The standard InChI is InChI=1S/C51H33N5/c1-2-12-34(13-3-1)49-54-50(56-51(55-49)48-31-39-14-4-5-21-45(39)46-22-6-7-23-47(46)48)44-29-42(37-17-8-15-35(26-37)40-19-10-24-52-32-40)28-43(30-44)38-18-9-16-36(27-38)41-20-11-25-53-33-41/h1-33H. The number of hydrogen-bond acceptors (Lipinski definition) is 5. The van der Waals surface area contributed by atoms with E-state index >= 15 is 0 Å². The van der Waals surface area contributed by atoms with Crippen LogP contribution in [0.15, 0.2) is 201 Å². The monoisotopic (exact) mass is 715 g/mol. The molecule has 0 saturated carbocycles. The predicted octanol–water partition coefficient (Wildman–Crippen LogP) is 12.6. The first-order valence-corrected chi connectivity index (χ1v) is 18.6. The average Bonchev–Trinajstić information content (AvgIpc) is 3.29. The van der Waals surface area contributed by atoms with Crippen LogP contribution in [0.4, 0.5) is 0 Å². The SMILES string of the molecule is c1ccc(-c2nc(-c3cc(-c4cccc(-c5cccnc5)c4)cc(-c4cccc(-c5cccnc5)c4)c3)nc(-c3cc4ccccc4c4ccccc34)n2)cc1. The Labute approximate surface area is 324 Å². The zero-order valence-corrected chi connectivity index (χ0v) is 30.3. The minimum absolute atomic E-state index is 0.598. The van der Waals surface area contributed by atoms with Crippen LogP contribution in [0.3, 0.4) is 0 Å². The smallest absolute Gasteiger partial charge is 0.164 e. The van der Waals surface area contributed by atoms with Gasteiger partial charge in [0, 0.05) is 52.6 Å². The molecule has 262 valence electrons. The highest BCUT2D eigenvalue weighted by molar-refractivity contribution is 6.13. The first-order valence-electron chi connectivity index (χ1n) is 18.6. The summed E-state index contributed by atoms with van der Waals surface area (Å²) in [5.74, 6) is 1.84. The summed E-state index contributed by atoms with van der Waals surface area (Å²) in [4.78, 5) is 24.5. The van der Waals surface area contributed by atoms with E-state index in [1.54, 1.807) is 12.4 Å². The average molecular weight is 716 g/mol. The van der Waals surface area contributed by atoms with Gasteiger partial charge in [0.15, 0.2) is 17.5 Å². The lowest BCUT2D eigenvalue weighted by Gasteiger charge is -2.15. The maximum Gasteiger partial charge on any atom is 0.164 e. The minimum atomic E-state index is 0.598. The largest absolute Gasteiger partial charge is 0.264 e. The van der Waals surface area contributed by atoms with E-state index in [4.69, 9.17) is 15.0 Å². The van der Waals surface area contributed by atoms with Gasteiger partial charge in [0.05, 0.1) is 0 Å². The lowest BCUT2D eigenvalue weighted by atomic mass is 9.93. The van der Waals surface area contributed by atoms with E-state index in [0.717, 1.165) is 77.4 Å². The molecule has 0 aliphatic carbocycles. The Kier molecular flexibility index (Phi) is 8.43. The number of benzene rings is 7. The van der Waals surface area contributed by atoms with Crippen LogP contribution in [-0.4, -0.2) is 24.9 Å². The molecule has 0 N–H and O–H groups in total. The van der Waals surface area contributed by atoms with Gasteiger partial charge in [0.1, 0.15) is 0 Å². The van der Waals surface area contributed by atoms with Crippen molar-refractivity contribution in [3.8, 4) is 78.7 Å². The molecule has 0 fully saturated rings. The van der Waals surface area contributed by atoms with Gasteiger partial charge >= 0.3 is 0 Å². The summed E-state index contributed by atoms with van der Waals surface area (Å²) >= 11 is 0. The van der Waals surface area contributed by atoms with Gasteiger partial charge in [-0.3, -0.25) is 9.97 Å². The van der Waals surface area contributed by atoms with Crippen LogP contribution in [-0.2, 0) is 0 Å². The summed E-state index contributed by atoms with van der Waals surface area (Å²) in [5.41, 5.74) is 11.4. The molecule has 0 aliphatic rings. The molecule has 56 heavy (non-hydrogen) atoms. The molecule has 0 atom stereocenters. The highest BCUT2D eigenvalue weighted by atomic mass is 15.0. The van der Waals surface area contributed by atoms with E-state index in [1.807, 2.05) is 42.7 Å². The Balaban J connectivity index is 1.21. The van der Waals surface area contributed by atoms with Crippen LogP contribution in [0.5, 0.6) is 0 Å². The Morgan fingerprint density at radius 2 is 0.714 bits per heavy atom. The van der Waals surface area contributed by atoms with Gasteiger partial charge in [-0.1, -0.05) is 127 Å². The van der Waals surface area contributed by atoms with E-state index < -0.39 is 0 Å². The van der Waals surface area contributed by atoms with E-state index in [-0.39, 0.29) is 0 Å². The van der Waals surface area contributed by atoms with Crippen molar-refractivity contribution < 1.29 is 0 Å². The van der Waals surface area contributed by atoms with Crippen molar-refractivity contribution in [2.24, 2.45) is 0 Å². The fraction of sp³-hybridized carbons (Fsp3) is 0. The Morgan fingerprint density at radius 3 is 1.32 bits per heavy atom. The van der Waals surface area contributed by atoms with Crippen LogP contribution in [0.25, 0.3) is 100 Å². The maximum absolute atomic E-state index is 5.32. The second-order valence-corrected chi connectivity index (χ2v) is 13.8. The molecule has 3 aromatic heterocycles. The molecule has 5 nitrogen and oxygen atoms in total. The molecule has 10 rings (SSSR count). The summed E-state index contributed by atoms with van der Waals surface area (Å²) in [6, 6.07) is 61.4. The molecular weight excluding hydrogens is 683 g/mol. The molecule has 5 heteroatoms. The third-order valence-electron chi connectivity index (χ3n) is 10.2. The molecule has 0 saturated heterocycles. The number of pyridine rings is 2. The van der Waals surface area contributed by atoms with Crippen LogP contribution in [0, 0.1) is 0 Å². The quantitative estimate of drug-likeness (QED) is 0.154. The maximum atomic E-state index is 5.32. The van der Waals surface area contributed by atoms with Crippen molar-refractivity contribution in [1.29, 1.82) is 0 Å². The number of rotatable bonds is 7. The van der Waals surface area contributed by atoms with Gasteiger partial charge in [-0.05, 0) is 103 Å². The predicted molar refractivity (Wildman–Crippen MR) is 228 cm³/mol. The van der Waals surface area contributed by atoms with Crippen molar-refractivity contribution in [3.63, 3.8) is 0 Å². The van der Waals surface area contributed by atoms with Crippen molar-refractivity contribution in [2.75, 3.05) is 0 Å². The molecule has 0 amide bonds. The highest BCUT2D eigenvalue weighted by Gasteiger charge is 2.18. The van der Waals surface area contributed by atoms with Gasteiger partial charge < -0.3 is 0 Å². The van der Waals surface area contributed by atoms with Gasteiger partial charge in [-0.2, -0.15) is 0 Å². The highest BCUT2D eigenvalue weighted by Crippen LogP contribution is 2.38. The number of nitrogens with zero attached hydrogens (tertiary/aromatic N) is 5. The lowest BCUT2D eigenvalue weighted by Crippen LogP contribution is -2.01. The zero-order chi connectivity index (χ0) is 37.3. The van der Waals surface area contributed by atoms with Crippen molar-refractivity contribution >= 4 is 21.5 Å². The molecular formula is C51H33N5. The Hall–Kier alpha value is -7.63. The second kappa shape index (κ2) is 14.3. The van der Waals surface area contributed by atoms with Crippen LogP contribution in [0.2, 0.25) is 0 Å². The van der Waals surface area contributed by atoms with E-state index in [9.17, 15) is 0 Å². The van der Waals surface area contributed by atoms with Crippen molar-refractivity contribution in [3.05, 3.63) is 201 Å². The zero-order valence-electron chi connectivity index (χ0n) is 30.3. The second-order valence-electron chi connectivity index (χ2n) is 13.8. The van der Waals surface area contributed by atoms with Crippen molar-refractivity contribution in [2.45, 2.75) is 0 Å². The van der Waals surface area contributed by atoms with E-state index in [1.165, 1.54) is 5.39 Å². The number of fused-ring (bicyclic) bond motifs is 3. The molecule has 0 bridgehead atoms. The van der Waals surface area contributed by atoms with Crippen LogP contribution < -0.4 is 0 Å². The molecule has 0 aliphatic heterocycles. The van der Waals surface area contributed by atoms with Crippen LogP contribution in [0.1, 0.15) is 0 Å². The third kappa shape index (κ3) is 6.37. The van der Waals surface area contributed by atoms with E-state index in [2.05, 4.69) is 156 Å². The lowest BCUT2D eigenvalue weighted by molar-refractivity contribution is 1.08. The summed E-state index contributed by atoms with van der Waals surface area (Å²) < 4.78 is 0. The van der Waals surface area contributed by atoms with Crippen molar-refractivity contribution in [1.82, 2.24) is 24.9 Å². The molecule has 7 aromatic carbocycles. The van der Waals surface area contributed by atoms with Gasteiger partial charge in [0.2, 0.25) is 0 Å². The summed E-state index contributed by atoms with van der Waals surface area (Å²) in [6.07, 6.45) is 7.41. The first kappa shape index (κ1) is 33.0. The van der Waals surface area contributed by atoms with Gasteiger partial charge in [0.25, 0.3) is 0 Å². The normalized spacial score (nSPS) is 11.2. The van der Waals surface area contributed by atoms with Crippen LogP contribution >= 0.6 is 0 Å². The molecule has 10 aromatic rings. The topological polar surface area (TPSA) is 64.5 Å². The molecule has 0 spiro atoms. The molecule has 0 unspecified atom stereocenters. The van der Waals surface area contributed by atoms with Gasteiger partial charge in [-0.15, -0.1) is 0 Å². The minimum Gasteiger partial charge on any atom is -0.264 e. The fourth-order valence-electron chi connectivity index (χ4n) is 7.49. The Bertz CT molecular complexity index is 2920. The summed E-state index contributed by atoms with van der Waals surface area (Å²) in [5, 5.41) is 4.59. The van der Waals surface area contributed by atoms with Gasteiger partial charge in [-0.25, -0.2) is 15.0 Å². The molecule has 0 radical (unpaired) electrons. The number of aromatic nitrogens is 5. The summed E-state index contributed by atoms with van der Waals surface area (Å²) in [7, 11) is 0. The first-order chi connectivity index (χ1) is 27.7.